The van der Waals surface area contributed by atoms with Gasteiger partial charge < -0.3 is 10.6 Å². The quantitative estimate of drug-likeness (QED) is 0.482. The fraction of sp³-hybridized carbons (Fsp3) is 0.385. The number of nitriles is 1. The Morgan fingerprint density at radius 3 is 2.47 bits per heavy atom. The van der Waals surface area contributed by atoms with Gasteiger partial charge >= 0.3 is 0 Å². The third-order valence-corrected chi connectivity index (χ3v) is 2.27. The van der Waals surface area contributed by atoms with Crippen LogP contribution in [0.3, 0.4) is 0 Å². The van der Waals surface area contributed by atoms with Gasteiger partial charge in [-0.2, -0.15) is 5.26 Å². The Hall–Kier alpha value is -1.36. The molecular formula is C13H18FIN4. The Kier molecular flexibility index (Phi) is 8.87. The molecule has 0 saturated heterocycles. The van der Waals surface area contributed by atoms with Crippen molar-refractivity contribution in [1.29, 1.82) is 5.26 Å². The van der Waals surface area contributed by atoms with Crippen LogP contribution in [-0.4, -0.2) is 19.0 Å². The van der Waals surface area contributed by atoms with Crippen LogP contribution in [0.1, 0.15) is 25.0 Å². The predicted octanol–water partition coefficient (Wildman–Crippen LogP) is 2.39. The summed E-state index contributed by atoms with van der Waals surface area (Å²) < 4.78 is 13.5. The van der Waals surface area contributed by atoms with Gasteiger partial charge in [-0.15, -0.1) is 24.0 Å². The van der Waals surface area contributed by atoms with Crippen LogP contribution in [0, 0.1) is 17.1 Å². The summed E-state index contributed by atoms with van der Waals surface area (Å²) in [5.41, 5.74) is 0.859. The van der Waals surface area contributed by atoms with Crippen molar-refractivity contribution >= 4 is 29.9 Å². The minimum absolute atomic E-state index is 0. The molecule has 0 amide bonds. The first kappa shape index (κ1) is 17.6. The zero-order chi connectivity index (χ0) is 13.4. The van der Waals surface area contributed by atoms with E-state index in [9.17, 15) is 4.39 Å². The van der Waals surface area contributed by atoms with Crippen molar-refractivity contribution in [3.63, 3.8) is 0 Å². The Balaban J connectivity index is 0.00000324. The molecule has 6 heteroatoms. The van der Waals surface area contributed by atoms with Crippen molar-refractivity contribution in [2.45, 2.75) is 20.4 Å². The molecule has 4 nitrogen and oxygen atoms in total. The van der Waals surface area contributed by atoms with E-state index in [-0.39, 0.29) is 36.3 Å². The molecular weight excluding hydrogens is 358 g/mol. The van der Waals surface area contributed by atoms with Crippen LogP contribution in [0.5, 0.6) is 0 Å². The summed E-state index contributed by atoms with van der Waals surface area (Å²) >= 11 is 0. The van der Waals surface area contributed by atoms with Gasteiger partial charge in [0.05, 0.1) is 18.2 Å². The number of nitrogens with one attached hydrogen (secondary N) is 2. The van der Waals surface area contributed by atoms with Crippen molar-refractivity contribution in [2.24, 2.45) is 4.99 Å². The fourth-order valence-corrected chi connectivity index (χ4v) is 1.44. The van der Waals surface area contributed by atoms with E-state index in [0.717, 1.165) is 13.1 Å². The van der Waals surface area contributed by atoms with Gasteiger partial charge in [0.25, 0.3) is 0 Å². The van der Waals surface area contributed by atoms with Crippen molar-refractivity contribution in [3.05, 3.63) is 35.1 Å². The van der Waals surface area contributed by atoms with Gasteiger partial charge in [0, 0.05) is 18.7 Å². The minimum atomic E-state index is -0.343. The molecule has 0 aliphatic heterocycles. The first-order chi connectivity index (χ1) is 8.71. The van der Waals surface area contributed by atoms with E-state index in [1.54, 1.807) is 0 Å². The van der Waals surface area contributed by atoms with Crippen LogP contribution in [0.25, 0.3) is 0 Å². The number of aliphatic imine (C=N–C) groups is 1. The lowest BCUT2D eigenvalue weighted by atomic mass is 10.1. The summed E-state index contributed by atoms with van der Waals surface area (Å²) in [4.78, 5) is 4.25. The van der Waals surface area contributed by atoms with E-state index in [4.69, 9.17) is 5.26 Å². The van der Waals surface area contributed by atoms with Crippen LogP contribution in [0.2, 0.25) is 0 Å². The molecule has 19 heavy (non-hydrogen) atoms. The van der Waals surface area contributed by atoms with Gasteiger partial charge in [0.1, 0.15) is 5.82 Å². The number of hydrogen-bond donors (Lipinski definition) is 2. The van der Waals surface area contributed by atoms with Crippen molar-refractivity contribution in [1.82, 2.24) is 10.6 Å². The van der Waals surface area contributed by atoms with Crippen LogP contribution in [0.4, 0.5) is 4.39 Å². The maximum Gasteiger partial charge on any atom is 0.191 e. The molecule has 0 bridgehead atoms. The SMILES string of the molecule is CCNC(=NCc1cc(C#N)ccc1F)NCC.I. The second-order valence-electron chi connectivity index (χ2n) is 3.64. The highest BCUT2D eigenvalue weighted by Gasteiger charge is 2.03. The van der Waals surface area contributed by atoms with E-state index in [1.165, 1.54) is 18.2 Å². The second kappa shape index (κ2) is 9.55. The molecule has 0 saturated carbocycles. The van der Waals surface area contributed by atoms with Gasteiger partial charge in [0.15, 0.2) is 5.96 Å². The standard InChI is InChI=1S/C13H17FN4.HI/c1-3-16-13(17-4-2)18-9-11-7-10(8-15)5-6-12(11)14;/h5-7H,3-4,9H2,1-2H3,(H2,16,17,18);1H. The van der Waals surface area contributed by atoms with E-state index in [1.807, 2.05) is 19.9 Å². The van der Waals surface area contributed by atoms with E-state index >= 15 is 0 Å². The molecule has 1 aromatic carbocycles. The molecule has 0 heterocycles. The van der Waals surface area contributed by atoms with Crippen LogP contribution in [-0.2, 0) is 6.54 Å². The molecule has 0 aliphatic rings. The van der Waals surface area contributed by atoms with Crippen LogP contribution in [0.15, 0.2) is 23.2 Å². The highest BCUT2D eigenvalue weighted by Crippen LogP contribution is 2.11. The number of benzene rings is 1. The molecule has 0 spiro atoms. The summed E-state index contributed by atoms with van der Waals surface area (Å²) in [5, 5.41) is 14.9. The van der Waals surface area contributed by atoms with Crippen molar-refractivity contribution in [3.8, 4) is 6.07 Å². The van der Waals surface area contributed by atoms with Crippen molar-refractivity contribution in [2.75, 3.05) is 13.1 Å². The van der Waals surface area contributed by atoms with Crippen LogP contribution < -0.4 is 10.6 Å². The molecule has 1 rings (SSSR count). The smallest absolute Gasteiger partial charge is 0.191 e. The lowest BCUT2D eigenvalue weighted by molar-refractivity contribution is 0.610. The summed E-state index contributed by atoms with van der Waals surface area (Å²) in [6.07, 6.45) is 0. The molecule has 0 aliphatic carbocycles. The van der Waals surface area contributed by atoms with Gasteiger partial charge in [-0.3, -0.25) is 0 Å². The normalized spacial score (nSPS) is 8.95. The number of nitrogens with zero attached hydrogens (tertiary/aromatic N) is 2. The Morgan fingerprint density at radius 2 is 1.95 bits per heavy atom. The number of halogens is 2. The summed E-state index contributed by atoms with van der Waals surface area (Å²) in [6.45, 7) is 5.61. The summed E-state index contributed by atoms with van der Waals surface area (Å²) in [5.74, 6) is 0.298. The summed E-state index contributed by atoms with van der Waals surface area (Å²) in [7, 11) is 0. The fourth-order valence-electron chi connectivity index (χ4n) is 1.44. The Morgan fingerprint density at radius 1 is 1.32 bits per heavy atom. The summed E-state index contributed by atoms with van der Waals surface area (Å²) in [6, 6.07) is 6.26. The highest BCUT2D eigenvalue weighted by molar-refractivity contribution is 14.0. The first-order valence-corrected chi connectivity index (χ1v) is 5.92. The molecule has 0 aromatic heterocycles. The van der Waals surface area contributed by atoms with Gasteiger partial charge in [0.2, 0.25) is 0 Å². The Bertz CT molecular complexity index is 460. The zero-order valence-corrected chi connectivity index (χ0v) is 13.4. The molecule has 0 fully saturated rings. The third kappa shape index (κ3) is 5.87. The predicted molar refractivity (Wildman–Crippen MR) is 85.0 cm³/mol. The van der Waals surface area contributed by atoms with E-state index in [2.05, 4.69) is 15.6 Å². The number of guanidine groups is 1. The van der Waals surface area contributed by atoms with Crippen LogP contribution >= 0.6 is 24.0 Å². The third-order valence-electron chi connectivity index (χ3n) is 2.27. The lowest BCUT2D eigenvalue weighted by Crippen LogP contribution is -2.37. The van der Waals surface area contributed by atoms with E-state index in [0.29, 0.717) is 17.1 Å². The highest BCUT2D eigenvalue weighted by atomic mass is 127. The average molecular weight is 376 g/mol. The minimum Gasteiger partial charge on any atom is -0.357 e. The van der Waals surface area contributed by atoms with Gasteiger partial charge in [-0.25, -0.2) is 9.38 Å². The Labute approximate surface area is 130 Å². The number of hydrogen-bond acceptors (Lipinski definition) is 2. The van der Waals surface area contributed by atoms with Gasteiger partial charge in [-0.05, 0) is 32.0 Å². The maximum absolute atomic E-state index is 13.5. The molecule has 104 valence electrons. The molecule has 0 unspecified atom stereocenters. The molecule has 0 atom stereocenters. The lowest BCUT2D eigenvalue weighted by Gasteiger charge is -2.09. The topological polar surface area (TPSA) is 60.2 Å². The average Bonchev–Trinajstić information content (AvgIpc) is 2.38. The molecule has 0 radical (unpaired) electrons. The van der Waals surface area contributed by atoms with E-state index < -0.39 is 0 Å². The monoisotopic (exact) mass is 376 g/mol. The largest absolute Gasteiger partial charge is 0.357 e. The first-order valence-electron chi connectivity index (χ1n) is 5.92. The maximum atomic E-state index is 13.5. The molecule has 1 aromatic rings. The second-order valence-corrected chi connectivity index (χ2v) is 3.64. The zero-order valence-electron chi connectivity index (χ0n) is 11.0. The number of rotatable bonds is 4. The van der Waals surface area contributed by atoms with Gasteiger partial charge in [-0.1, -0.05) is 0 Å². The molecule has 2 N–H and O–H groups in total. The van der Waals surface area contributed by atoms with Crippen molar-refractivity contribution < 1.29 is 4.39 Å².